The van der Waals surface area contributed by atoms with Gasteiger partial charge in [-0.15, -0.1) is 0 Å². The van der Waals surface area contributed by atoms with Crippen LogP contribution >= 0.6 is 0 Å². The van der Waals surface area contributed by atoms with Crippen LogP contribution in [0.25, 0.3) is 0 Å². The van der Waals surface area contributed by atoms with Crippen LogP contribution in [0, 0.1) is 13.8 Å². The number of morpholine rings is 1. The molecule has 0 radical (unpaired) electrons. The number of anilines is 1. The lowest BCUT2D eigenvalue weighted by Gasteiger charge is -2.32. The lowest BCUT2D eigenvalue weighted by atomic mass is 9.97. The molecular weight excluding hydrogens is 340 g/mol. The molecule has 2 fully saturated rings. The van der Waals surface area contributed by atoms with Crippen LogP contribution in [0.4, 0.5) is 5.82 Å². The van der Waals surface area contributed by atoms with E-state index in [0.29, 0.717) is 13.1 Å². The molecule has 0 aromatic carbocycles. The van der Waals surface area contributed by atoms with Gasteiger partial charge in [-0.1, -0.05) is 0 Å². The van der Waals surface area contributed by atoms with Crippen molar-refractivity contribution in [3.63, 3.8) is 0 Å². The zero-order valence-electron chi connectivity index (χ0n) is 15.4. The molecule has 0 saturated carbocycles. The normalized spacial score (nSPS) is 20.8. The Morgan fingerprint density at radius 2 is 1.72 bits per heavy atom. The first-order chi connectivity index (χ1) is 11.9. The fourth-order valence-corrected chi connectivity index (χ4v) is 4.61. The van der Waals surface area contributed by atoms with Gasteiger partial charge in [0.1, 0.15) is 11.6 Å². The average Bonchev–Trinajstić information content (AvgIpc) is 2.64. The second kappa shape index (κ2) is 7.55. The van der Waals surface area contributed by atoms with E-state index in [1.54, 1.807) is 11.2 Å². The minimum Gasteiger partial charge on any atom is -0.378 e. The number of nitrogens with zero attached hydrogens (tertiary/aromatic N) is 4. The Kier molecular flexibility index (Phi) is 5.60. The predicted octanol–water partition coefficient (Wildman–Crippen LogP) is 1.46. The number of aromatic nitrogens is 2. The van der Waals surface area contributed by atoms with Crippen LogP contribution < -0.4 is 4.90 Å². The monoisotopic (exact) mass is 368 g/mol. The Labute approximate surface area is 150 Å². The molecule has 1 aromatic rings. The molecule has 8 heteroatoms. The van der Waals surface area contributed by atoms with Gasteiger partial charge in [-0.25, -0.2) is 22.7 Å². The van der Waals surface area contributed by atoms with Crippen LogP contribution in [0.1, 0.15) is 42.8 Å². The maximum Gasteiger partial charge on any atom is 0.213 e. The van der Waals surface area contributed by atoms with E-state index in [1.165, 1.54) is 0 Å². The number of ether oxygens (including phenoxy) is 1. The number of piperidine rings is 1. The van der Waals surface area contributed by atoms with Crippen molar-refractivity contribution in [1.29, 1.82) is 0 Å². The SMILES string of the molecule is CCS(=O)(=O)N1CCC(c2nc(C)c(C)c(N3CCOCC3)n2)CC1. The molecule has 25 heavy (non-hydrogen) atoms. The van der Waals surface area contributed by atoms with Crippen LogP contribution in [0.5, 0.6) is 0 Å². The Hall–Kier alpha value is -1.25. The summed E-state index contributed by atoms with van der Waals surface area (Å²) in [5.41, 5.74) is 2.13. The zero-order valence-corrected chi connectivity index (χ0v) is 16.2. The number of hydrogen-bond donors (Lipinski definition) is 0. The van der Waals surface area contributed by atoms with Gasteiger partial charge in [0, 0.05) is 43.4 Å². The Morgan fingerprint density at radius 3 is 2.32 bits per heavy atom. The summed E-state index contributed by atoms with van der Waals surface area (Å²) in [7, 11) is -3.10. The summed E-state index contributed by atoms with van der Waals surface area (Å²) in [6.45, 7) is 10.1. The summed E-state index contributed by atoms with van der Waals surface area (Å²) in [6.07, 6.45) is 1.56. The minimum absolute atomic E-state index is 0.166. The van der Waals surface area contributed by atoms with E-state index in [2.05, 4.69) is 11.8 Å². The van der Waals surface area contributed by atoms with E-state index in [-0.39, 0.29) is 11.7 Å². The summed E-state index contributed by atoms with van der Waals surface area (Å²) in [5, 5.41) is 0. The van der Waals surface area contributed by atoms with Crippen LogP contribution in [0.15, 0.2) is 0 Å². The molecule has 0 aliphatic carbocycles. The predicted molar refractivity (Wildman–Crippen MR) is 97.5 cm³/mol. The second-order valence-corrected chi connectivity index (χ2v) is 9.05. The van der Waals surface area contributed by atoms with Gasteiger partial charge in [-0.2, -0.15) is 0 Å². The van der Waals surface area contributed by atoms with Gasteiger partial charge >= 0.3 is 0 Å². The highest BCUT2D eigenvalue weighted by molar-refractivity contribution is 7.89. The molecule has 140 valence electrons. The molecule has 0 spiro atoms. The summed E-state index contributed by atoms with van der Waals surface area (Å²) >= 11 is 0. The van der Waals surface area contributed by atoms with Gasteiger partial charge in [-0.05, 0) is 33.6 Å². The van der Waals surface area contributed by atoms with Crippen LogP contribution in [0.3, 0.4) is 0 Å². The van der Waals surface area contributed by atoms with Gasteiger partial charge in [0.25, 0.3) is 0 Å². The summed E-state index contributed by atoms with van der Waals surface area (Å²) in [6, 6.07) is 0. The lowest BCUT2D eigenvalue weighted by Crippen LogP contribution is -2.39. The van der Waals surface area contributed by atoms with Gasteiger partial charge in [0.2, 0.25) is 10.0 Å². The molecular formula is C17H28N4O3S. The zero-order chi connectivity index (χ0) is 18.0. The highest BCUT2D eigenvalue weighted by Gasteiger charge is 2.29. The largest absolute Gasteiger partial charge is 0.378 e. The number of sulfonamides is 1. The lowest BCUT2D eigenvalue weighted by molar-refractivity contribution is 0.122. The van der Waals surface area contributed by atoms with E-state index < -0.39 is 10.0 Å². The molecule has 7 nitrogen and oxygen atoms in total. The van der Waals surface area contributed by atoms with Crippen molar-refractivity contribution in [2.45, 2.75) is 39.5 Å². The first-order valence-electron chi connectivity index (χ1n) is 9.08. The van der Waals surface area contributed by atoms with E-state index in [4.69, 9.17) is 14.7 Å². The number of hydrogen-bond acceptors (Lipinski definition) is 6. The van der Waals surface area contributed by atoms with Crippen molar-refractivity contribution < 1.29 is 13.2 Å². The summed E-state index contributed by atoms with van der Waals surface area (Å²) in [4.78, 5) is 11.9. The molecule has 0 unspecified atom stereocenters. The van der Waals surface area contributed by atoms with Crippen LogP contribution in [-0.4, -0.2) is 67.8 Å². The van der Waals surface area contributed by atoms with E-state index in [1.807, 2.05) is 6.92 Å². The van der Waals surface area contributed by atoms with Crippen molar-refractivity contribution in [2.75, 3.05) is 50.0 Å². The molecule has 2 aliphatic heterocycles. The highest BCUT2D eigenvalue weighted by Crippen LogP contribution is 2.30. The van der Waals surface area contributed by atoms with E-state index in [0.717, 1.165) is 62.0 Å². The van der Waals surface area contributed by atoms with Gasteiger partial charge in [-0.3, -0.25) is 0 Å². The third-order valence-electron chi connectivity index (χ3n) is 5.27. The van der Waals surface area contributed by atoms with E-state index in [9.17, 15) is 8.42 Å². The highest BCUT2D eigenvalue weighted by atomic mass is 32.2. The first-order valence-corrected chi connectivity index (χ1v) is 10.7. The van der Waals surface area contributed by atoms with Crippen molar-refractivity contribution in [1.82, 2.24) is 14.3 Å². The van der Waals surface area contributed by atoms with Crippen molar-refractivity contribution in [2.24, 2.45) is 0 Å². The second-order valence-electron chi connectivity index (χ2n) is 6.79. The van der Waals surface area contributed by atoms with Crippen molar-refractivity contribution >= 4 is 15.8 Å². The van der Waals surface area contributed by atoms with Crippen molar-refractivity contribution in [3.05, 3.63) is 17.1 Å². The van der Waals surface area contributed by atoms with Crippen LogP contribution in [-0.2, 0) is 14.8 Å². The van der Waals surface area contributed by atoms with Gasteiger partial charge in [0.15, 0.2) is 0 Å². The maximum atomic E-state index is 12.0. The Bertz CT molecular complexity index is 709. The molecule has 1 aromatic heterocycles. The Balaban J connectivity index is 1.78. The van der Waals surface area contributed by atoms with Gasteiger partial charge in [0.05, 0.1) is 19.0 Å². The molecule has 0 atom stereocenters. The maximum absolute atomic E-state index is 12.0. The quantitative estimate of drug-likeness (QED) is 0.801. The third kappa shape index (κ3) is 3.96. The molecule has 0 bridgehead atoms. The average molecular weight is 369 g/mol. The molecule has 0 N–H and O–H groups in total. The molecule has 2 saturated heterocycles. The minimum atomic E-state index is -3.10. The first kappa shape index (κ1) is 18.5. The summed E-state index contributed by atoms with van der Waals surface area (Å²) in [5.74, 6) is 2.26. The molecule has 0 amide bonds. The van der Waals surface area contributed by atoms with E-state index >= 15 is 0 Å². The van der Waals surface area contributed by atoms with Crippen molar-refractivity contribution in [3.8, 4) is 0 Å². The molecule has 3 heterocycles. The fourth-order valence-electron chi connectivity index (χ4n) is 3.48. The standard InChI is InChI=1S/C17H28N4O3S/c1-4-25(22,23)21-7-5-15(6-8-21)16-18-14(3)13(2)17(19-16)20-9-11-24-12-10-20/h15H,4-12H2,1-3H3. The fraction of sp³-hybridized carbons (Fsp3) is 0.765. The Morgan fingerprint density at radius 1 is 1.08 bits per heavy atom. The topological polar surface area (TPSA) is 75.6 Å². The summed E-state index contributed by atoms with van der Waals surface area (Å²) < 4.78 is 31.1. The smallest absolute Gasteiger partial charge is 0.213 e. The number of aryl methyl sites for hydroxylation is 1. The third-order valence-corrected chi connectivity index (χ3v) is 7.15. The number of rotatable bonds is 4. The van der Waals surface area contributed by atoms with Crippen LogP contribution in [0.2, 0.25) is 0 Å². The molecule has 2 aliphatic rings. The van der Waals surface area contributed by atoms with Gasteiger partial charge < -0.3 is 9.64 Å². The molecule has 3 rings (SSSR count).